The maximum absolute atomic E-state index is 14.0. The third kappa shape index (κ3) is 2.53. The second-order valence-corrected chi connectivity index (χ2v) is 5.59. The zero-order valence-corrected chi connectivity index (χ0v) is 11.7. The number of benzene rings is 1. The Bertz CT molecular complexity index is 518. The summed E-state index contributed by atoms with van der Waals surface area (Å²) in [6.45, 7) is 0. The maximum Gasteiger partial charge on any atom is 0.148 e. The van der Waals surface area contributed by atoms with Crippen LogP contribution in [0.2, 0.25) is 5.02 Å². The van der Waals surface area contributed by atoms with Gasteiger partial charge in [0.1, 0.15) is 5.82 Å². The van der Waals surface area contributed by atoms with Gasteiger partial charge in [0, 0.05) is 14.9 Å². The maximum atomic E-state index is 14.0. The molecule has 3 N–H and O–H groups in total. The molecule has 0 saturated heterocycles. The van der Waals surface area contributed by atoms with E-state index in [4.69, 9.17) is 17.4 Å². The minimum Gasteiger partial charge on any atom is -0.271 e. The number of nitrogens with one attached hydrogen (secondary N) is 1. The van der Waals surface area contributed by atoms with Gasteiger partial charge in [-0.1, -0.05) is 23.7 Å². The molecule has 2 nitrogen and oxygen atoms in total. The number of hydrazine groups is 1. The largest absolute Gasteiger partial charge is 0.271 e. The molecule has 0 amide bonds. The number of hydrogen-bond donors (Lipinski definition) is 2. The number of rotatable bonds is 3. The molecule has 0 saturated carbocycles. The molecule has 1 aromatic heterocycles. The Morgan fingerprint density at radius 1 is 1.41 bits per heavy atom. The van der Waals surface area contributed by atoms with Crippen LogP contribution in [0.15, 0.2) is 34.1 Å². The van der Waals surface area contributed by atoms with Crippen LogP contribution in [0.5, 0.6) is 0 Å². The molecule has 0 bridgehead atoms. The molecule has 1 aromatic carbocycles. The fourth-order valence-corrected chi connectivity index (χ4v) is 2.83. The fraction of sp³-hybridized carbons (Fsp3) is 0.0909. The minimum absolute atomic E-state index is 0.0688. The summed E-state index contributed by atoms with van der Waals surface area (Å²) in [6.07, 6.45) is 0. The van der Waals surface area contributed by atoms with Crippen LogP contribution in [0.4, 0.5) is 4.39 Å². The zero-order valence-electron chi connectivity index (χ0n) is 8.58. The third-order valence-electron chi connectivity index (χ3n) is 2.37. The topological polar surface area (TPSA) is 38.0 Å². The van der Waals surface area contributed by atoms with Crippen LogP contribution in [0.3, 0.4) is 0 Å². The molecule has 1 heterocycles. The highest BCUT2D eigenvalue weighted by atomic mass is 79.9. The Kier molecular flexibility index (Phi) is 4.17. The first kappa shape index (κ1) is 13.0. The summed E-state index contributed by atoms with van der Waals surface area (Å²) in [5.41, 5.74) is 3.04. The van der Waals surface area contributed by atoms with Crippen LogP contribution in [0.1, 0.15) is 16.5 Å². The molecular formula is C11H9BrClFN2S. The van der Waals surface area contributed by atoms with Crippen molar-refractivity contribution in [3.63, 3.8) is 0 Å². The highest BCUT2D eigenvalue weighted by Crippen LogP contribution is 2.33. The molecule has 0 fully saturated rings. The summed E-state index contributed by atoms with van der Waals surface area (Å²) in [4.78, 5) is 0.935. The first-order valence-corrected chi connectivity index (χ1v) is 6.83. The van der Waals surface area contributed by atoms with Crippen molar-refractivity contribution in [1.29, 1.82) is 0 Å². The standard InChI is InChI=1S/C11H9BrClFN2S/c12-7-4-3-6(10(14)9(7)13)11(16-15)8-2-1-5-17-8/h1-5,11,16H,15H2. The summed E-state index contributed by atoms with van der Waals surface area (Å²) < 4.78 is 14.6. The monoisotopic (exact) mass is 334 g/mol. The Labute approximate surface area is 116 Å². The van der Waals surface area contributed by atoms with Crippen LogP contribution in [0.25, 0.3) is 0 Å². The molecule has 6 heteroatoms. The van der Waals surface area contributed by atoms with Crippen LogP contribution in [0, 0.1) is 5.82 Å². The van der Waals surface area contributed by atoms with Crippen LogP contribution in [-0.2, 0) is 0 Å². The van der Waals surface area contributed by atoms with Gasteiger partial charge < -0.3 is 0 Å². The zero-order chi connectivity index (χ0) is 12.4. The summed E-state index contributed by atoms with van der Waals surface area (Å²) in [5.74, 6) is 5.03. The molecule has 0 aliphatic heterocycles. The summed E-state index contributed by atoms with van der Waals surface area (Å²) in [5, 5.41) is 1.98. The lowest BCUT2D eigenvalue weighted by atomic mass is 10.1. The molecule has 0 aliphatic carbocycles. The van der Waals surface area contributed by atoms with Crippen LogP contribution in [-0.4, -0.2) is 0 Å². The van der Waals surface area contributed by atoms with Gasteiger partial charge in [0.25, 0.3) is 0 Å². The molecule has 90 valence electrons. The molecular weight excluding hydrogens is 327 g/mol. The second-order valence-electron chi connectivity index (χ2n) is 3.38. The second kappa shape index (κ2) is 5.46. The number of hydrogen-bond acceptors (Lipinski definition) is 3. The molecule has 2 aromatic rings. The quantitative estimate of drug-likeness (QED) is 0.508. The Morgan fingerprint density at radius 3 is 2.76 bits per heavy atom. The van der Waals surface area contributed by atoms with E-state index in [-0.39, 0.29) is 11.1 Å². The van der Waals surface area contributed by atoms with E-state index in [9.17, 15) is 4.39 Å². The van der Waals surface area contributed by atoms with E-state index in [0.29, 0.717) is 10.0 Å². The van der Waals surface area contributed by atoms with E-state index in [1.807, 2.05) is 17.5 Å². The molecule has 0 aliphatic rings. The average molecular weight is 336 g/mol. The molecule has 0 radical (unpaired) electrons. The first-order chi connectivity index (χ1) is 8.15. The predicted octanol–water partition coefficient (Wildman–Crippen LogP) is 3.86. The average Bonchev–Trinajstić information content (AvgIpc) is 2.84. The van der Waals surface area contributed by atoms with Crippen molar-refractivity contribution in [3.05, 3.63) is 55.4 Å². The highest BCUT2D eigenvalue weighted by Gasteiger charge is 2.20. The van der Waals surface area contributed by atoms with Gasteiger partial charge in [-0.05, 0) is 33.4 Å². The minimum atomic E-state index is -0.461. The van der Waals surface area contributed by atoms with Crippen molar-refractivity contribution >= 4 is 38.9 Å². The van der Waals surface area contributed by atoms with Gasteiger partial charge >= 0.3 is 0 Å². The van der Waals surface area contributed by atoms with Gasteiger partial charge in [-0.2, -0.15) is 0 Å². The van der Waals surface area contributed by atoms with Gasteiger partial charge in [0.15, 0.2) is 0 Å². The number of thiophene rings is 1. The van der Waals surface area contributed by atoms with Crippen LogP contribution >= 0.6 is 38.9 Å². The van der Waals surface area contributed by atoms with Crippen molar-refractivity contribution < 1.29 is 4.39 Å². The lowest BCUT2D eigenvalue weighted by molar-refractivity contribution is 0.564. The van der Waals surface area contributed by atoms with Gasteiger partial charge in [-0.15, -0.1) is 11.3 Å². The normalized spacial score (nSPS) is 12.7. The first-order valence-electron chi connectivity index (χ1n) is 4.78. The van der Waals surface area contributed by atoms with Crippen molar-refractivity contribution in [2.45, 2.75) is 6.04 Å². The van der Waals surface area contributed by atoms with Crippen molar-refractivity contribution in [1.82, 2.24) is 5.43 Å². The van der Waals surface area contributed by atoms with E-state index in [2.05, 4.69) is 21.4 Å². The van der Waals surface area contributed by atoms with E-state index in [1.54, 1.807) is 12.1 Å². The number of nitrogens with two attached hydrogens (primary N) is 1. The van der Waals surface area contributed by atoms with E-state index >= 15 is 0 Å². The molecule has 0 spiro atoms. The van der Waals surface area contributed by atoms with Gasteiger partial charge in [-0.25, -0.2) is 9.82 Å². The van der Waals surface area contributed by atoms with Crippen molar-refractivity contribution in [2.75, 3.05) is 0 Å². The highest BCUT2D eigenvalue weighted by molar-refractivity contribution is 9.10. The Balaban J connectivity index is 2.49. The van der Waals surface area contributed by atoms with Crippen molar-refractivity contribution in [3.8, 4) is 0 Å². The third-order valence-corrected chi connectivity index (χ3v) is 4.57. The SMILES string of the molecule is NNC(c1cccs1)c1ccc(Br)c(Cl)c1F. The molecule has 2 rings (SSSR count). The van der Waals surface area contributed by atoms with E-state index in [0.717, 1.165) is 4.88 Å². The smallest absolute Gasteiger partial charge is 0.148 e. The van der Waals surface area contributed by atoms with Gasteiger partial charge in [-0.3, -0.25) is 5.84 Å². The lowest BCUT2D eigenvalue weighted by Crippen LogP contribution is -2.29. The Morgan fingerprint density at radius 2 is 2.18 bits per heavy atom. The number of halogens is 3. The summed E-state index contributed by atoms with van der Waals surface area (Å²) >= 11 is 10.5. The van der Waals surface area contributed by atoms with Gasteiger partial charge in [0.05, 0.1) is 11.1 Å². The van der Waals surface area contributed by atoms with Crippen molar-refractivity contribution in [2.24, 2.45) is 5.84 Å². The molecule has 17 heavy (non-hydrogen) atoms. The lowest BCUT2D eigenvalue weighted by Gasteiger charge is -2.16. The van der Waals surface area contributed by atoms with E-state index < -0.39 is 5.82 Å². The van der Waals surface area contributed by atoms with Gasteiger partial charge in [0.2, 0.25) is 0 Å². The molecule has 1 unspecified atom stereocenters. The molecule has 1 atom stereocenters. The summed E-state index contributed by atoms with van der Waals surface area (Å²) in [6, 6.07) is 6.77. The van der Waals surface area contributed by atoms with E-state index in [1.165, 1.54) is 11.3 Å². The fourth-order valence-electron chi connectivity index (χ4n) is 1.54. The van der Waals surface area contributed by atoms with Crippen LogP contribution < -0.4 is 11.3 Å². The predicted molar refractivity (Wildman–Crippen MR) is 72.6 cm³/mol. The Hall–Kier alpha value is -0.460. The summed E-state index contributed by atoms with van der Waals surface area (Å²) in [7, 11) is 0.